The molecule has 0 N–H and O–H groups in total. The minimum absolute atomic E-state index is 0.0264. The molecule has 0 aromatic heterocycles. The summed E-state index contributed by atoms with van der Waals surface area (Å²) in [6.07, 6.45) is 3.30. The van der Waals surface area contributed by atoms with Crippen molar-refractivity contribution in [3.8, 4) is 0 Å². The molecule has 1 aromatic carbocycles. The van der Waals surface area contributed by atoms with Gasteiger partial charge in [0.15, 0.2) is 0 Å². The van der Waals surface area contributed by atoms with E-state index in [9.17, 15) is 4.79 Å². The Balaban J connectivity index is 2.89. The first-order chi connectivity index (χ1) is 7.70. The number of carbonyl (C=O) groups is 1. The Kier molecular flexibility index (Phi) is 5.33. The number of amides is 1. The SMILES string of the molecule is CCCCc1ccccc1N(C)C(=O)CCl. The van der Waals surface area contributed by atoms with E-state index in [1.807, 2.05) is 18.2 Å². The highest BCUT2D eigenvalue weighted by atomic mass is 35.5. The number of hydrogen-bond acceptors (Lipinski definition) is 1. The van der Waals surface area contributed by atoms with E-state index in [1.165, 1.54) is 5.56 Å². The third kappa shape index (κ3) is 3.24. The summed E-state index contributed by atoms with van der Waals surface area (Å²) < 4.78 is 0. The lowest BCUT2D eigenvalue weighted by molar-refractivity contribution is -0.116. The molecule has 1 amide bonds. The van der Waals surface area contributed by atoms with Gasteiger partial charge in [-0.1, -0.05) is 31.5 Å². The zero-order valence-corrected chi connectivity index (χ0v) is 10.6. The molecule has 0 spiro atoms. The molecule has 0 radical (unpaired) electrons. The number of unbranched alkanes of at least 4 members (excludes halogenated alkanes) is 1. The van der Waals surface area contributed by atoms with Gasteiger partial charge in [0.2, 0.25) is 5.91 Å². The number of hydrogen-bond donors (Lipinski definition) is 0. The van der Waals surface area contributed by atoms with Gasteiger partial charge in [-0.05, 0) is 24.5 Å². The fourth-order valence-corrected chi connectivity index (χ4v) is 1.82. The van der Waals surface area contributed by atoms with Crippen LogP contribution in [0.15, 0.2) is 24.3 Å². The third-order valence-electron chi connectivity index (χ3n) is 2.64. The summed E-state index contributed by atoms with van der Waals surface area (Å²) in [6.45, 7) is 2.16. The van der Waals surface area contributed by atoms with Crippen molar-refractivity contribution in [2.24, 2.45) is 0 Å². The van der Waals surface area contributed by atoms with Gasteiger partial charge in [0.25, 0.3) is 0 Å². The van der Waals surface area contributed by atoms with E-state index in [0.29, 0.717) is 0 Å². The number of anilines is 1. The maximum atomic E-state index is 11.5. The Morgan fingerprint density at radius 3 is 2.69 bits per heavy atom. The molecular formula is C13H18ClNO. The first-order valence-corrected chi connectivity index (χ1v) is 6.14. The number of alkyl halides is 1. The summed E-state index contributed by atoms with van der Waals surface area (Å²) in [7, 11) is 1.77. The normalized spacial score (nSPS) is 10.2. The lowest BCUT2D eigenvalue weighted by Crippen LogP contribution is -2.28. The van der Waals surface area contributed by atoms with E-state index in [0.717, 1.165) is 24.9 Å². The summed E-state index contributed by atoms with van der Waals surface area (Å²) >= 11 is 5.56. The van der Waals surface area contributed by atoms with Crippen LogP contribution in [-0.2, 0) is 11.2 Å². The van der Waals surface area contributed by atoms with E-state index < -0.39 is 0 Å². The Bertz CT molecular complexity index is 352. The van der Waals surface area contributed by atoms with Crippen LogP contribution in [-0.4, -0.2) is 18.8 Å². The number of nitrogens with zero attached hydrogens (tertiary/aromatic N) is 1. The van der Waals surface area contributed by atoms with Gasteiger partial charge in [-0.15, -0.1) is 11.6 Å². The summed E-state index contributed by atoms with van der Waals surface area (Å²) in [5.41, 5.74) is 2.19. The Morgan fingerprint density at radius 1 is 1.38 bits per heavy atom. The van der Waals surface area contributed by atoms with Gasteiger partial charge in [0.05, 0.1) is 0 Å². The van der Waals surface area contributed by atoms with Crippen LogP contribution in [0.25, 0.3) is 0 Å². The Morgan fingerprint density at radius 2 is 2.06 bits per heavy atom. The number of aryl methyl sites for hydroxylation is 1. The van der Waals surface area contributed by atoms with Crippen LogP contribution in [0.4, 0.5) is 5.69 Å². The van der Waals surface area contributed by atoms with E-state index in [1.54, 1.807) is 11.9 Å². The summed E-state index contributed by atoms with van der Waals surface area (Å²) in [5.74, 6) is -0.0378. The molecule has 0 saturated carbocycles. The van der Waals surface area contributed by atoms with E-state index in [4.69, 9.17) is 11.6 Å². The van der Waals surface area contributed by atoms with E-state index >= 15 is 0 Å². The maximum absolute atomic E-state index is 11.5. The van der Waals surface area contributed by atoms with Crippen molar-refractivity contribution in [1.29, 1.82) is 0 Å². The number of carbonyl (C=O) groups excluding carboxylic acids is 1. The third-order valence-corrected chi connectivity index (χ3v) is 2.87. The molecule has 16 heavy (non-hydrogen) atoms. The lowest BCUT2D eigenvalue weighted by atomic mass is 10.1. The average molecular weight is 240 g/mol. The number of rotatable bonds is 5. The monoisotopic (exact) mass is 239 g/mol. The average Bonchev–Trinajstić information content (AvgIpc) is 2.34. The molecule has 1 rings (SSSR count). The second kappa shape index (κ2) is 6.54. The molecule has 0 aliphatic rings. The van der Waals surface area contributed by atoms with E-state index in [2.05, 4.69) is 13.0 Å². The summed E-state index contributed by atoms with van der Waals surface area (Å²) in [4.78, 5) is 13.2. The number of halogens is 1. The molecule has 0 atom stereocenters. The van der Waals surface area contributed by atoms with Crippen molar-refractivity contribution in [3.63, 3.8) is 0 Å². The predicted molar refractivity (Wildman–Crippen MR) is 69.2 cm³/mol. The number of para-hydroxylation sites is 1. The van der Waals surface area contributed by atoms with Crippen LogP contribution in [0.2, 0.25) is 0 Å². The fourth-order valence-electron chi connectivity index (χ4n) is 1.64. The van der Waals surface area contributed by atoms with Crippen LogP contribution >= 0.6 is 11.6 Å². The molecule has 0 saturated heterocycles. The van der Waals surface area contributed by atoms with Crippen LogP contribution in [0.1, 0.15) is 25.3 Å². The molecule has 0 bridgehead atoms. The highest BCUT2D eigenvalue weighted by Crippen LogP contribution is 2.21. The second-order valence-electron chi connectivity index (χ2n) is 3.82. The molecule has 3 heteroatoms. The fraction of sp³-hybridized carbons (Fsp3) is 0.462. The van der Waals surface area contributed by atoms with Crippen molar-refractivity contribution in [2.45, 2.75) is 26.2 Å². The predicted octanol–water partition coefficient (Wildman–Crippen LogP) is 3.23. The molecule has 0 heterocycles. The quantitative estimate of drug-likeness (QED) is 0.723. The molecule has 0 fully saturated rings. The largest absolute Gasteiger partial charge is 0.314 e. The summed E-state index contributed by atoms with van der Waals surface area (Å²) in [6, 6.07) is 7.99. The van der Waals surface area contributed by atoms with Gasteiger partial charge in [-0.25, -0.2) is 0 Å². The zero-order chi connectivity index (χ0) is 12.0. The lowest BCUT2D eigenvalue weighted by Gasteiger charge is -2.19. The van der Waals surface area contributed by atoms with Crippen LogP contribution in [0.5, 0.6) is 0 Å². The molecule has 2 nitrogen and oxygen atoms in total. The Labute approximate surface area is 102 Å². The zero-order valence-electron chi connectivity index (χ0n) is 9.87. The minimum atomic E-state index is -0.0642. The minimum Gasteiger partial charge on any atom is -0.314 e. The maximum Gasteiger partial charge on any atom is 0.241 e. The molecule has 0 aliphatic carbocycles. The van der Waals surface area contributed by atoms with Crippen molar-refractivity contribution >= 4 is 23.2 Å². The first-order valence-electron chi connectivity index (χ1n) is 5.61. The topological polar surface area (TPSA) is 20.3 Å². The first kappa shape index (κ1) is 13.0. The molecule has 1 aromatic rings. The number of benzene rings is 1. The second-order valence-corrected chi connectivity index (χ2v) is 4.09. The molecule has 0 unspecified atom stereocenters. The van der Waals surface area contributed by atoms with Crippen molar-refractivity contribution in [3.05, 3.63) is 29.8 Å². The van der Waals surface area contributed by atoms with Gasteiger partial charge >= 0.3 is 0 Å². The van der Waals surface area contributed by atoms with Crippen LogP contribution < -0.4 is 4.90 Å². The van der Waals surface area contributed by atoms with Gasteiger partial charge in [0.1, 0.15) is 5.88 Å². The Hall–Kier alpha value is -1.02. The highest BCUT2D eigenvalue weighted by molar-refractivity contribution is 6.29. The summed E-state index contributed by atoms with van der Waals surface area (Å²) in [5, 5.41) is 0. The van der Waals surface area contributed by atoms with E-state index in [-0.39, 0.29) is 11.8 Å². The highest BCUT2D eigenvalue weighted by Gasteiger charge is 2.12. The van der Waals surface area contributed by atoms with Crippen LogP contribution in [0.3, 0.4) is 0 Å². The van der Waals surface area contributed by atoms with Crippen LogP contribution in [0, 0.1) is 0 Å². The van der Waals surface area contributed by atoms with Gasteiger partial charge in [-0.3, -0.25) is 4.79 Å². The van der Waals surface area contributed by atoms with Gasteiger partial charge < -0.3 is 4.90 Å². The standard InChI is InChI=1S/C13H18ClNO/c1-3-4-7-11-8-5-6-9-12(11)15(2)13(16)10-14/h5-6,8-9H,3-4,7,10H2,1-2H3. The van der Waals surface area contributed by atoms with Gasteiger partial charge in [-0.2, -0.15) is 0 Å². The van der Waals surface area contributed by atoms with Crippen molar-refractivity contribution in [2.75, 3.05) is 17.8 Å². The van der Waals surface area contributed by atoms with Crippen molar-refractivity contribution in [1.82, 2.24) is 0 Å². The molecule has 0 aliphatic heterocycles. The molecular weight excluding hydrogens is 222 g/mol. The smallest absolute Gasteiger partial charge is 0.241 e. The molecule has 88 valence electrons. The van der Waals surface area contributed by atoms with Gasteiger partial charge in [0, 0.05) is 12.7 Å². The van der Waals surface area contributed by atoms with Crippen molar-refractivity contribution < 1.29 is 4.79 Å².